The minimum Gasteiger partial charge on any atom is -0.490 e. The average Bonchev–Trinajstić information content (AvgIpc) is 3.12. The molecule has 0 saturated carbocycles. The van der Waals surface area contributed by atoms with E-state index in [2.05, 4.69) is 10.5 Å². The summed E-state index contributed by atoms with van der Waals surface area (Å²) in [6, 6.07) is 14.1. The molecule has 28 heavy (non-hydrogen) atoms. The topological polar surface area (TPSA) is 96.8 Å². The van der Waals surface area contributed by atoms with Crippen LogP contribution in [0.3, 0.4) is 0 Å². The van der Waals surface area contributed by atoms with Crippen LogP contribution in [-0.2, 0) is 0 Å². The molecule has 0 bridgehead atoms. The van der Waals surface area contributed by atoms with Crippen molar-refractivity contribution in [3.63, 3.8) is 0 Å². The molecule has 0 aliphatic carbocycles. The third kappa shape index (κ3) is 4.42. The molecule has 7 nitrogen and oxygen atoms in total. The molecular formula is C20H16ClN3O4. The summed E-state index contributed by atoms with van der Waals surface area (Å²) in [5, 5.41) is 13.7. The lowest BCUT2D eigenvalue weighted by atomic mass is 10.2. The number of nitrogens with zero attached hydrogens (tertiary/aromatic N) is 2. The molecule has 3 aromatic rings. The number of hydrogen-bond acceptors (Lipinski definition) is 6. The standard InChI is InChI=1S/C20H16ClN3O4/c1-2-26-17-10-13(9-15(21)19(17)27-8-7-22)12-23-24-20(25)18-11-14-5-3-4-6-16(14)28-18/h3-6,9-12H,2,8H2,1H3,(H,24,25)/b23-12+. The Hall–Kier alpha value is -3.50. The molecule has 0 spiro atoms. The average molecular weight is 398 g/mol. The van der Waals surface area contributed by atoms with Gasteiger partial charge in [-0.1, -0.05) is 29.8 Å². The third-order valence-electron chi connectivity index (χ3n) is 3.64. The van der Waals surface area contributed by atoms with Crippen LogP contribution in [0, 0.1) is 11.3 Å². The van der Waals surface area contributed by atoms with E-state index < -0.39 is 5.91 Å². The zero-order valence-corrected chi connectivity index (χ0v) is 15.7. The Morgan fingerprint density at radius 3 is 2.89 bits per heavy atom. The largest absolute Gasteiger partial charge is 0.490 e. The predicted molar refractivity (Wildman–Crippen MR) is 105 cm³/mol. The van der Waals surface area contributed by atoms with Crippen molar-refractivity contribution in [2.75, 3.05) is 13.2 Å². The SMILES string of the molecule is CCOc1cc(/C=N/NC(=O)c2cc3ccccc3o2)cc(Cl)c1OCC#N. The van der Waals surface area contributed by atoms with E-state index in [1.54, 1.807) is 24.3 Å². The van der Waals surface area contributed by atoms with Crippen molar-refractivity contribution in [2.45, 2.75) is 6.92 Å². The van der Waals surface area contributed by atoms with Gasteiger partial charge in [-0.05, 0) is 36.8 Å². The Balaban J connectivity index is 1.74. The van der Waals surface area contributed by atoms with Gasteiger partial charge >= 0.3 is 5.91 Å². The van der Waals surface area contributed by atoms with E-state index in [0.717, 1.165) is 5.39 Å². The first kappa shape index (κ1) is 19.3. The van der Waals surface area contributed by atoms with E-state index in [0.29, 0.717) is 23.5 Å². The van der Waals surface area contributed by atoms with Crippen molar-refractivity contribution in [3.05, 3.63) is 58.8 Å². The summed E-state index contributed by atoms with van der Waals surface area (Å²) in [6.45, 7) is 2.06. The number of carbonyl (C=O) groups excluding carboxylic acids is 1. The second-order valence-electron chi connectivity index (χ2n) is 5.56. The van der Waals surface area contributed by atoms with E-state index in [-0.39, 0.29) is 23.1 Å². The number of hydrazone groups is 1. The van der Waals surface area contributed by atoms with Gasteiger partial charge in [0.1, 0.15) is 11.7 Å². The highest BCUT2D eigenvalue weighted by Crippen LogP contribution is 2.36. The van der Waals surface area contributed by atoms with Gasteiger partial charge in [-0.15, -0.1) is 0 Å². The first-order chi connectivity index (χ1) is 13.6. The Morgan fingerprint density at radius 2 is 2.14 bits per heavy atom. The predicted octanol–water partition coefficient (Wildman–Crippen LogP) is 4.15. The van der Waals surface area contributed by atoms with Gasteiger partial charge in [0.2, 0.25) is 0 Å². The van der Waals surface area contributed by atoms with E-state index >= 15 is 0 Å². The van der Waals surface area contributed by atoms with Crippen molar-refractivity contribution in [1.82, 2.24) is 5.43 Å². The van der Waals surface area contributed by atoms with Crippen LogP contribution in [0.2, 0.25) is 5.02 Å². The monoisotopic (exact) mass is 397 g/mol. The summed E-state index contributed by atoms with van der Waals surface area (Å²) >= 11 is 6.21. The number of carbonyl (C=O) groups is 1. The van der Waals surface area contributed by atoms with Gasteiger partial charge in [-0.3, -0.25) is 4.79 Å². The third-order valence-corrected chi connectivity index (χ3v) is 3.92. The first-order valence-corrected chi connectivity index (χ1v) is 8.78. The zero-order valence-electron chi connectivity index (χ0n) is 14.9. The Bertz CT molecular complexity index is 1040. The summed E-state index contributed by atoms with van der Waals surface area (Å²) in [5.41, 5.74) is 3.62. The maximum atomic E-state index is 12.2. The van der Waals surface area contributed by atoms with Crippen LogP contribution in [0.1, 0.15) is 23.0 Å². The molecule has 0 saturated heterocycles. The van der Waals surface area contributed by atoms with Gasteiger partial charge in [0, 0.05) is 5.39 Å². The molecule has 0 atom stereocenters. The fourth-order valence-corrected chi connectivity index (χ4v) is 2.76. The van der Waals surface area contributed by atoms with Crippen molar-refractivity contribution in [2.24, 2.45) is 5.10 Å². The number of furan rings is 1. The van der Waals surface area contributed by atoms with Crippen molar-refractivity contribution >= 4 is 34.7 Å². The molecule has 1 aromatic heterocycles. The number of rotatable bonds is 7. The van der Waals surface area contributed by atoms with Gasteiger partial charge in [0.05, 0.1) is 17.8 Å². The van der Waals surface area contributed by atoms with E-state index in [9.17, 15) is 4.79 Å². The minimum atomic E-state index is -0.474. The molecule has 0 fully saturated rings. The number of benzene rings is 2. The fourth-order valence-electron chi connectivity index (χ4n) is 2.48. The van der Waals surface area contributed by atoms with Gasteiger partial charge < -0.3 is 13.9 Å². The number of halogens is 1. The summed E-state index contributed by atoms with van der Waals surface area (Å²) in [6.07, 6.45) is 1.42. The maximum Gasteiger partial charge on any atom is 0.307 e. The number of nitriles is 1. The first-order valence-electron chi connectivity index (χ1n) is 8.40. The molecule has 1 heterocycles. The molecule has 142 valence electrons. The highest BCUT2D eigenvalue weighted by molar-refractivity contribution is 6.32. The Morgan fingerprint density at radius 1 is 1.32 bits per heavy atom. The summed E-state index contributed by atoms with van der Waals surface area (Å²) in [4.78, 5) is 12.2. The molecule has 1 amide bonds. The maximum absolute atomic E-state index is 12.2. The molecule has 0 aliphatic heterocycles. The van der Waals surface area contributed by atoms with Gasteiger partial charge in [0.15, 0.2) is 23.9 Å². The van der Waals surface area contributed by atoms with Crippen molar-refractivity contribution in [3.8, 4) is 17.6 Å². The molecule has 0 radical (unpaired) electrons. The molecule has 0 aliphatic rings. The van der Waals surface area contributed by atoms with Crippen LogP contribution in [0.25, 0.3) is 11.0 Å². The molecule has 2 aromatic carbocycles. The number of para-hydroxylation sites is 1. The number of ether oxygens (including phenoxy) is 2. The van der Waals surface area contributed by atoms with E-state index in [4.69, 9.17) is 30.8 Å². The number of fused-ring (bicyclic) bond motifs is 1. The second-order valence-corrected chi connectivity index (χ2v) is 5.96. The summed E-state index contributed by atoms with van der Waals surface area (Å²) < 4.78 is 16.3. The lowest BCUT2D eigenvalue weighted by molar-refractivity contribution is 0.0929. The lowest BCUT2D eigenvalue weighted by Gasteiger charge is -2.12. The highest BCUT2D eigenvalue weighted by atomic mass is 35.5. The quantitative estimate of drug-likeness (QED) is 0.477. The lowest BCUT2D eigenvalue weighted by Crippen LogP contribution is -2.16. The van der Waals surface area contributed by atoms with E-state index in [1.807, 2.05) is 31.2 Å². The van der Waals surface area contributed by atoms with Crippen molar-refractivity contribution < 1.29 is 18.7 Å². The van der Waals surface area contributed by atoms with Crippen LogP contribution in [-0.4, -0.2) is 25.3 Å². The Labute approximate surface area is 166 Å². The van der Waals surface area contributed by atoms with Crippen LogP contribution in [0.5, 0.6) is 11.5 Å². The van der Waals surface area contributed by atoms with Gasteiger partial charge in [-0.25, -0.2) is 5.43 Å². The number of nitrogens with one attached hydrogen (secondary N) is 1. The smallest absolute Gasteiger partial charge is 0.307 e. The number of amides is 1. The van der Waals surface area contributed by atoms with Gasteiger partial charge in [0.25, 0.3) is 0 Å². The second kappa shape index (κ2) is 8.93. The Kier molecular flexibility index (Phi) is 6.14. The molecular weight excluding hydrogens is 382 g/mol. The highest BCUT2D eigenvalue weighted by Gasteiger charge is 2.13. The zero-order chi connectivity index (χ0) is 19.9. The summed E-state index contributed by atoms with van der Waals surface area (Å²) in [5.74, 6) is 0.355. The molecule has 0 unspecified atom stereocenters. The van der Waals surface area contributed by atoms with Crippen LogP contribution in [0.15, 0.2) is 52.0 Å². The van der Waals surface area contributed by atoms with E-state index in [1.165, 1.54) is 6.21 Å². The molecule has 1 N–H and O–H groups in total. The molecule has 3 rings (SSSR count). The molecule has 8 heteroatoms. The normalized spacial score (nSPS) is 10.8. The van der Waals surface area contributed by atoms with Crippen LogP contribution in [0.4, 0.5) is 0 Å². The number of hydrogen-bond donors (Lipinski definition) is 1. The summed E-state index contributed by atoms with van der Waals surface area (Å²) in [7, 11) is 0. The van der Waals surface area contributed by atoms with Crippen molar-refractivity contribution in [1.29, 1.82) is 5.26 Å². The fraction of sp³-hybridized carbons (Fsp3) is 0.150. The van der Waals surface area contributed by atoms with Crippen LogP contribution >= 0.6 is 11.6 Å². The van der Waals surface area contributed by atoms with Gasteiger partial charge in [-0.2, -0.15) is 10.4 Å². The minimum absolute atomic E-state index is 0.152. The van der Waals surface area contributed by atoms with Crippen LogP contribution < -0.4 is 14.9 Å².